The van der Waals surface area contributed by atoms with Gasteiger partial charge < -0.3 is 10.1 Å². The van der Waals surface area contributed by atoms with Crippen LogP contribution in [0.25, 0.3) is 0 Å². The second kappa shape index (κ2) is 6.74. The molecule has 0 bridgehead atoms. The lowest BCUT2D eigenvalue weighted by molar-refractivity contribution is 0.266. The Morgan fingerprint density at radius 1 is 1.47 bits per heavy atom. The Kier molecular flexibility index (Phi) is 5.28. The van der Waals surface area contributed by atoms with Crippen molar-refractivity contribution in [3.63, 3.8) is 0 Å². The first-order chi connectivity index (χ1) is 8.19. The van der Waals surface area contributed by atoms with Gasteiger partial charge in [0.05, 0.1) is 0 Å². The van der Waals surface area contributed by atoms with E-state index in [0.717, 1.165) is 31.0 Å². The van der Waals surface area contributed by atoms with E-state index in [-0.39, 0.29) is 6.10 Å². The second-order valence-corrected chi connectivity index (χ2v) is 3.71. The van der Waals surface area contributed by atoms with E-state index in [4.69, 9.17) is 11.2 Å². The summed E-state index contributed by atoms with van der Waals surface area (Å²) in [6, 6.07) is 1.78. The Morgan fingerprint density at radius 2 is 2.24 bits per heavy atom. The van der Waals surface area contributed by atoms with Crippen LogP contribution in [0.1, 0.15) is 33.0 Å². The average molecular weight is 233 g/mol. The predicted molar refractivity (Wildman–Crippen MR) is 69.1 cm³/mol. The number of hydrogen-bond acceptors (Lipinski definition) is 4. The van der Waals surface area contributed by atoms with Crippen LogP contribution in [0.2, 0.25) is 0 Å². The zero-order chi connectivity index (χ0) is 12.7. The third-order valence-corrected chi connectivity index (χ3v) is 2.15. The van der Waals surface area contributed by atoms with Crippen molar-refractivity contribution in [2.45, 2.75) is 39.7 Å². The molecular formula is C13H19N3O. The maximum Gasteiger partial charge on any atom is 0.219 e. The maximum absolute atomic E-state index is 5.50. The normalized spacial score (nSPS) is 11.6. The fourth-order valence-corrected chi connectivity index (χ4v) is 1.25. The summed E-state index contributed by atoms with van der Waals surface area (Å²) in [6.07, 6.45) is 6.80. The summed E-state index contributed by atoms with van der Waals surface area (Å²) in [6.45, 7) is 6.80. The zero-order valence-corrected chi connectivity index (χ0v) is 10.7. The van der Waals surface area contributed by atoms with Crippen molar-refractivity contribution in [2.24, 2.45) is 0 Å². The van der Waals surface area contributed by atoms with Gasteiger partial charge in [0.25, 0.3) is 0 Å². The fraction of sp³-hybridized carbons (Fsp3) is 0.538. The van der Waals surface area contributed by atoms with Crippen molar-refractivity contribution < 1.29 is 4.74 Å². The first-order valence-electron chi connectivity index (χ1n) is 5.94. The molecule has 4 nitrogen and oxygen atoms in total. The minimum Gasteiger partial charge on any atom is -0.461 e. The molecule has 0 saturated heterocycles. The topological polar surface area (TPSA) is 47.0 Å². The summed E-state index contributed by atoms with van der Waals surface area (Å²) in [5, 5.41) is 3.22. The third-order valence-electron chi connectivity index (χ3n) is 2.15. The molecule has 0 aromatic carbocycles. The molecule has 1 aromatic heterocycles. The zero-order valence-electron chi connectivity index (χ0n) is 10.7. The van der Waals surface area contributed by atoms with Crippen molar-refractivity contribution in [1.82, 2.24) is 9.97 Å². The summed E-state index contributed by atoms with van der Waals surface area (Å²) in [4.78, 5) is 8.65. The lowest BCUT2D eigenvalue weighted by atomic mass is 10.4. The van der Waals surface area contributed by atoms with Crippen LogP contribution in [-0.4, -0.2) is 22.6 Å². The van der Waals surface area contributed by atoms with Gasteiger partial charge in [0.2, 0.25) is 5.88 Å². The Balaban J connectivity index is 2.85. The number of aryl methyl sites for hydroxylation is 1. The van der Waals surface area contributed by atoms with E-state index < -0.39 is 0 Å². The molecule has 0 aliphatic heterocycles. The van der Waals surface area contributed by atoms with Gasteiger partial charge in [-0.2, -0.15) is 4.98 Å². The molecular weight excluding hydrogens is 214 g/mol. The number of nitrogens with one attached hydrogen (secondary N) is 1. The number of terminal acetylenes is 1. The van der Waals surface area contributed by atoms with E-state index in [0.29, 0.717) is 5.88 Å². The average Bonchev–Trinajstić information content (AvgIpc) is 2.35. The summed E-state index contributed by atoms with van der Waals surface area (Å²) in [7, 11) is 0. The summed E-state index contributed by atoms with van der Waals surface area (Å²) < 4.78 is 5.50. The van der Waals surface area contributed by atoms with Gasteiger partial charge in [0, 0.05) is 19.0 Å². The quantitative estimate of drug-likeness (QED) is 0.766. The SMILES string of the molecule is C#CC(C)Oc1cc(NCCC)nc(CC)n1. The smallest absolute Gasteiger partial charge is 0.219 e. The lowest BCUT2D eigenvalue weighted by Gasteiger charge is -2.11. The minimum atomic E-state index is -0.284. The molecule has 1 N–H and O–H groups in total. The fourth-order valence-electron chi connectivity index (χ4n) is 1.25. The minimum absolute atomic E-state index is 0.284. The largest absolute Gasteiger partial charge is 0.461 e. The van der Waals surface area contributed by atoms with E-state index in [2.05, 4.69) is 28.1 Å². The Bertz CT molecular complexity index is 398. The summed E-state index contributed by atoms with van der Waals surface area (Å²) >= 11 is 0. The van der Waals surface area contributed by atoms with E-state index in [9.17, 15) is 0 Å². The highest BCUT2D eigenvalue weighted by atomic mass is 16.5. The highest BCUT2D eigenvalue weighted by Gasteiger charge is 2.06. The Morgan fingerprint density at radius 3 is 2.82 bits per heavy atom. The van der Waals surface area contributed by atoms with Gasteiger partial charge in [-0.3, -0.25) is 0 Å². The van der Waals surface area contributed by atoms with Crippen LogP contribution in [0.4, 0.5) is 5.82 Å². The Labute approximate surface area is 103 Å². The van der Waals surface area contributed by atoms with Crippen molar-refractivity contribution in [3.05, 3.63) is 11.9 Å². The van der Waals surface area contributed by atoms with Crippen molar-refractivity contribution in [2.75, 3.05) is 11.9 Å². The molecule has 1 atom stereocenters. The monoisotopic (exact) mass is 233 g/mol. The van der Waals surface area contributed by atoms with Gasteiger partial charge in [-0.1, -0.05) is 19.8 Å². The van der Waals surface area contributed by atoms with Gasteiger partial charge in [-0.15, -0.1) is 6.42 Å². The third kappa shape index (κ3) is 4.31. The first-order valence-corrected chi connectivity index (χ1v) is 5.94. The standard InChI is InChI=1S/C13H19N3O/c1-5-8-14-12-9-13(17-10(4)6-2)16-11(7-3)15-12/h2,9-10H,5,7-8H2,1,3-4H3,(H,14,15,16). The van der Waals surface area contributed by atoms with Crippen LogP contribution < -0.4 is 10.1 Å². The van der Waals surface area contributed by atoms with Gasteiger partial charge >= 0.3 is 0 Å². The van der Waals surface area contributed by atoms with Crippen LogP contribution in [0, 0.1) is 12.3 Å². The number of hydrogen-bond donors (Lipinski definition) is 1. The summed E-state index contributed by atoms with van der Waals surface area (Å²) in [5.74, 6) is 4.58. The molecule has 1 heterocycles. The number of rotatable bonds is 6. The van der Waals surface area contributed by atoms with Crippen molar-refractivity contribution >= 4 is 5.82 Å². The molecule has 0 spiro atoms. The maximum atomic E-state index is 5.50. The van der Waals surface area contributed by atoms with Crippen LogP contribution >= 0.6 is 0 Å². The van der Waals surface area contributed by atoms with Crippen LogP contribution in [0.3, 0.4) is 0 Å². The highest BCUT2D eigenvalue weighted by molar-refractivity contribution is 5.38. The van der Waals surface area contributed by atoms with E-state index in [1.165, 1.54) is 0 Å². The van der Waals surface area contributed by atoms with E-state index >= 15 is 0 Å². The number of anilines is 1. The van der Waals surface area contributed by atoms with Crippen molar-refractivity contribution in [1.29, 1.82) is 0 Å². The number of aromatic nitrogens is 2. The molecule has 0 amide bonds. The lowest BCUT2D eigenvalue weighted by Crippen LogP contribution is -2.12. The molecule has 92 valence electrons. The van der Waals surface area contributed by atoms with Gasteiger partial charge in [0.1, 0.15) is 11.6 Å². The summed E-state index contributed by atoms with van der Waals surface area (Å²) in [5.41, 5.74) is 0. The number of ether oxygens (including phenoxy) is 1. The molecule has 17 heavy (non-hydrogen) atoms. The molecule has 0 aliphatic carbocycles. The highest BCUT2D eigenvalue weighted by Crippen LogP contribution is 2.15. The second-order valence-electron chi connectivity index (χ2n) is 3.71. The molecule has 0 aliphatic rings. The van der Waals surface area contributed by atoms with E-state index in [1.54, 1.807) is 6.07 Å². The number of nitrogens with zero attached hydrogens (tertiary/aromatic N) is 2. The van der Waals surface area contributed by atoms with Gasteiger partial charge in [-0.25, -0.2) is 4.98 Å². The molecule has 4 heteroatoms. The van der Waals surface area contributed by atoms with Crippen molar-refractivity contribution in [3.8, 4) is 18.2 Å². The molecule has 0 fully saturated rings. The molecule has 1 aromatic rings. The molecule has 1 rings (SSSR count). The first kappa shape index (κ1) is 13.3. The van der Waals surface area contributed by atoms with Gasteiger partial charge in [0.15, 0.2) is 6.10 Å². The molecule has 0 radical (unpaired) electrons. The Hall–Kier alpha value is -1.76. The van der Waals surface area contributed by atoms with Crippen LogP contribution in [-0.2, 0) is 6.42 Å². The molecule has 0 saturated carbocycles. The predicted octanol–water partition coefficient (Wildman–Crippen LogP) is 2.26. The van der Waals surface area contributed by atoms with Crippen LogP contribution in [0.15, 0.2) is 6.07 Å². The molecule has 1 unspecified atom stereocenters. The van der Waals surface area contributed by atoms with Crippen LogP contribution in [0.5, 0.6) is 5.88 Å². The van der Waals surface area contributed by atoms with Gasteiger partial charge in [-0.05, 0) is 13.3 Å². The van der Waals surface area contributed by atoms with E-state index in [1.807, 2.05) is 13.8 Å².